The Hall–Kier alpha value is -2.01. The van der Waals surface area contributed by atoms with Crippen molar-refractivity contribution in [2.24, 2.45) is 0 Å². The summed E-state index contributed by atoms with van der Waals surface area (Å²) in [7, 11) is 0. The normalized spacial score (nSPS) is 17.7. The lowest BCUT2D eigenvalue weighted by Crippen LogP contribution is -2.41. The van der Waals surface area contributed by atoms with Crippen LogP contribution in [0.5, 0.6) is 5.75 Å². The highest BCUT2D eigenvalue weighted by Gasteiger charge is 2.22. The molecule has 110 valence electrons. The number of nitrogens with one attached hydrogen (secondary N) is 2. The Bertz CT molecular complexity index is 587. The van der Waals surface area contributed by atoms with Crippen LogP contribution >= 0.6 is 11.3 Å². The first-order valence-electron chi connectivity index (χ1n) is 7.04. The molecule has 0 saturated heterocycles. The molecule has 0 aliphatic carbocycles. The molecule has 0 fully saturated rings. The fourth-order valence-electron chi connectivity index (χ4n) is 2.43. The predicted molar refractivity (Wildman–Crippen MR) is 83.8 cm³/mol. The lowest BCUT2D eigenvalue weighted by molar-refractivity contribution is 0.212. The van der Waals surface area contributed by atoms with Gasteiger partial charge in [0.15, 0.2) is 0 Å². The summed E-state index contributed by atoms with van der Waals surface area (Å²) in [5, 5.41) is 7.82. The Labute approximate surface area is 128 Å². The van der Waals surface area contributed by atoms with Gasteiger partial charge < -0.3 is 15.4 Å². The van der Waals surface area contributed by atoms with Gasteiger partial charge in [-0.15, -0.1) is 11.3 Å². The van der Waals surface area contributed by atoms with Crippen LogP contribution in [0.3, 0.4) is 0 Å². The molecule has 2 aromatic rings. The summed E-state index contributed by atoms with van der Waals surface area (Å²) in [5.41, 5.74) is 1.21. The molecule has 21 heavy (non-hydrogen) atoms. The maximum atomic E-state index is 11.9. The van der Waals surface area contributed by atoms with E-state index in [1.807, 2.05) is 42.6 Å². The first-order valence-corrected chi connectivity index (χ1v) is 7.92. The number of para-hydroxylation sites is 1. The largest absolute Gasteiger partial charge is 0.488 e. The Balaban J connectivity index is 1.45. The maximum absolute atomic E-state index is 11.9. The third-order valence-electron chi connectivity index (χ3n) is 3.52. The van der Waals surface area contributed by atoms with E-state index in [9.17, 15) is 4.79 Å². The van der Waals surface area contributed by atoms with Gasteiger partial charge in [0.1, 0.15) is 11.9 Å². The summed E-state index contributed by atoms with van der Waals surface area (Å²) in [6, 6.07) is 11.9. The highest BCUT2D eigenvalue weighted by Crippen LogP contribution is 2.27. The van der Waals surface area contributed by atoms with E-state index in [1.54, 1.807) is 11.3 Å². The van der Waals surface area contributed by atoms with Crippen molar-refractivity contribution in [3.8, 4) is 5.75 Å². The fourth-order valence-corrected chi connectivity index (χ4v) is 3.17. The van der Waals surface area contributed by atoms with Crippen LogP contribution in [0.25, 0.3) is 0 Å². The van der Waals surface area contributed by atoms with Gasteiger partial charge in [0.25, 0.3) is 0 Å². The lowest BCUT2D eigenvalue weighted by atomic mass is 10.1. The monoisotopic (exact) mass is 302 g/mol. The average molecular weight is 302 g/mol. The first-order chi connectivity index (χ1) is 10.2. The highest BCUT2D eigenvalue weighted by molar-refractivity contribution is 7.10. The first kappa shape index (κ1) is 13.9. The second-order valence-corrected chi connectivity index (χ2v) is 6.12. The standard InChI is InChI=1S/C16H18N2O2S/c1-11(15-7-4-8-21-15)18-16(19)17-10-13-9-12-5-2-3-6-14(12)20-13/h2-8,11,13H,9-10H2,1H3,(H2,17,18,19)/t11-,13-/m1/s1. The van der Waals surface area contributed by atoms with Gasteiger partial charge >= 0.3 is 6.03 Å². The summed E-state index contributed by atoms with van der Waals surface area (Å²) in [6.45, 7) is 2.49. The highest BCUT2D eigenvalue weighted by atomic mass is 32.1. The molecule has 2 N–H and O–H groups in total. The number of carbonyl (C=O) groups is 1. The van der Waals surface area contributed by atoms with Crippen LogP contribution in [0.15, 0.2) is 41.8 Å². The number of thiophene rings is 1. The van der Waals surface area contributed by atoms with Crippen molar-refractivity contribution in [3.05, 3.63) is 52.2 Å². The zero-order valence-corrected chi connectivity index (χ0v) is 12.7. The van der Waals surface area contributed by atoms with Gasteiger partial charge in [-0.1, -0.05) is 24.3 Å². The maximum Gasteiger partial charge on any atom is 0.315 e. The number of hydrogen-bond acceptors (Lipinski definition) is 3. The number of rotatable bonds is 4. The summed E-state index contributed by atoms with van der Waals surface area (Å²) in [6.07, 6.45) is 0.863. The molecular formula is C16H18N2O2S. The molecule has 3 rings (SSSR count). The van der Waals surface area contributed by atoms with E-state index in [0.717, 1.165) is 17.0 Å². The molecule has 0 unspecified atom stereocenters. The van der Waals surface area contributed by atoms with Crippen molar-refractivity contribution in [1.82, 2.24) is 10.6 Å². The van der Waals surface area contributed by atoms with Gasteiger partial charge in [0.05, 0.1) is 12.6 Å². The van der Waals surface area contributed by atoms with E-state index < -0.39 is 0 Å². The van der Waals surface area contributed by atoms with Crippen LogP contribution in [0.4, 0.5) is 4.79 Å². The van der Waals surface area contributed by atoms with Crippen molar-refractivity contribution in [3.63, 3.8) is 0 Å². The molecular weight excluding hydrogens is 284 g/mol. The molecule has 0 bridgehead atoms. The van der Waals surface area contributed by atoms with Crippen LogP contribution in [0.1, 0.15) is 23.4 Å². The molecule has 4 nitrogen and oxygen atoms in total. The number of ether oxygens (including phenoxy) is 1. The number of carbonyl (C=O) groups excluding carboxylic acids is 1. The summed E-state index contributed by atoms with van der Waals surface area (Å²) < 4.78 is 5.79. The smallest absolute Gasteiger partial charge is 0.315 e. The minimum absolute atomic E-state index is 0.0187. The molecule has 1 aromatic heterocycles. The zero-order valence-electron chi connectivity index (χ0n) is 11.8. The van der Waals surface area contributed by atoms with Crippen molar-refractivity contribution in [2.45, 2.75) is 25.5 Å². The minimum atomic E-state index is -0.157. The molecule has 0 saturated carbocycles. The summed E-state index contributed by atoms with van der Waals surface area (Å²) >= 11 is 1.64. The van der Waals surface area contributed by atoms with Gasteiger partial charge in [-0.2, -0.15) is 0 Å². The molecule has 0 radical (unpaired) electrons. The molecule has 2 amide bonds. The molecule has 1 aliphatic heterocycles. The Kier molecular flexibility index (Phi) is 4.10. The van der Waals surface area contributed by atoms with E-state index in [1.165, 1.54) is 5.56 Å². The van der Waals surface area contributed by atoms with Crippen LogP contribution < -0.4 is 15.4 Å². The number of urea groups is 1. The summed E-state index contributed by atoms with van der Waals surface area (Å²) in [4.78, 5) is 13.1. The molecule has 5 heteroatoms. The topological polar surface area (TPSA) is 50.4 Å². The lowest BCUT2D eigenvalue weighted by Gasteiger charge is -2.15. The number of hydrogen-bond donors (Lipinski definition) is 2. The van der Waals surface area contributed by atoms with Crippen LogP contribution in [-0.2, 0) is 6.42 Å². The third kappa shape index (κ3) is 3.36. The van der Waals surface area contributed by atoms with Crippen LogP contribution in [0.2, 0.25) is 0 Å². The molecule has 1 aliphatic rings. The van der Waals surface area contributed by atoms with Gasteiger partial charge in [-0.05, 0) is 30.0 Å². The molecule has 2 atom stereocenters. The van der Waals surface area contributed by atoms with Crippen molar-refractivity contribution in [2.75, 3.05) is 6.54 Å². The Morgan fingerprint density at radius 2 is 2.24 bits per heavy atom. The average Bonchev–Trinajstić information content (AvgIpc) is 3.14. The van der Waals surface area contributed by atoms with Gasteiger partial charge in [-0.3, -0.25) is 0 Å². The van der Waals surface area contributed by atoms with Crippen molar-refractivity contribution in [1.29, 1.82) is 0 Å². The fraction of sp³-hybridized carbons (Fsp3) is 0.312. The van der Waals surface area contributed by atoms with E-state index in [-0.39, 0.29) is 18.2 Å². The predicted octanol–water partition coefficient (Wildman–Crippen LogP) is 3.11. The van der Waals surface area contributed by atoms with Crippen LogP contribution in [0, 0.1) is 0 Å². The van der Waals surface area contributed by atoms with Crippen molar-refractivity contribution < 1.29 is 9.53 Å². The SMILES string of the molecule is C[C@@H](NC(=O)NC[C@H]1Cc2ccccc2O1)c1cccs1. The molecule has 1 aromatic carbocycles. The Morgan fingerprint density at radius 1 is 1.38 bits per heavy atom. The number of benzene rings is 1. The van der Waals surface area contributed by atoms with Gasteiger partial charge in [-0.25, -0.2) is 4.79 Å². The number of fused-ring (bicyclic) bond motifs is 1. The third-order valence-corrected chi connectivity index (χ3v) is 4.58. The number of amides is 2. The summed E-state index contributed by atoms with van der Waals surface area (Å²) in [5.74, 6) is 0.927. The van der Waals surface area contributed by atoms with E-state index in [4.69, 9.17) is 4.74 Å². The minimum Gasteiger partial charge on any atom is -0.488 e. The van der Waals surface area contributed by atoms with E-state index in [2.05, 4.69) is 16.7 Å². The molecule has 0 spiro atoms. The van der Waals surface area contributed by atoms with Crippen molar-refractivity contribution >= 4 is 17.4 Å². The Morgan fingerprint density at radius 3 is 3.00 bits per heavy atom. The van der Waals surface area contributed by atoms with Crippen LogP contribution in [-0.4, -0.2) is 18.7 Å². The van der Waals surface area contributed by atoms with E-state index >= 15 is 0 Å². The second-order valence-electron chi connectivity index (χ2n) is 5.14. The van der Waals surface area contributed by atoms with Gasteiger partial charge in [0.2, 0.25) is 0 Å². The quantitative estimate of drug-likeness (QED) is 0.911. The van der Waals surface area contributed by atoms with E-state index in [0.29, 0.717) is 6.54 Å². The molecule has 2 heterocycles. The second kappa shape index (κ2) is 6.18. The zero-order chi connectivity index (χ0) is 14.7. The van der Waals surface area contributed by atoms with Gasteiger partial charge in [0, 0.05) is 11.3 Å².